The molecule has 0 amide bonds. The lowest BCUT2D eigenvalue weighted by Crippen LogP contribution is -1.94. The SMILES string of the molecule is CC1=C(c2cccc(C)c2C)c2c(Br)cccc2C1. The zero-order valence-corrected chi connectivity index (χ0v) is 13.1. The van der Waals surface area contributed by atoms with E-state index in [4.69, 9.17) is 0 Å². The first-order valence-corrected chi connectivity index (χ1v) is 7.43. The quantitative estimate of drug-likeness (QED) is 0.657. The maximum atomic E-state index is 3.72. The van der Waals surface area contributed by atoms with Crippen molar-refractivity contribution in [1.82, 2.24) is 0 Å². The second-order valence-corrected chi connectivity index (χ2v) is 6.21. The summed E-state index contributed by atoms with van der Waals surface area (Å²) in [4.78, 5) is 0. The summed E-state index contributed by atoms with van der Waals surface area (Å²) in [6, 6.07) is 13.1. The maximum absolute atomic E-state index is 3.72. The molecule has 0 radical (unpaired) electrons. The first-order chi connectivity index (χ1) is 9.09. The number of allylic oxidation sites excluding steroid dienone is 1. The summed E-state index contributed by atoms with van der Waals surface area (Å²) >= 11 is 3.72. The Bertz CT molecular complexity index is 693. The van der Waals surface area contributed by atoms with Crippen LogP contribution in [0.25, 0.3) is 5.57 Å². The van der Waals surface area contributed by atoms with E-state index in [1.807, 2.05) is 0 Å². The zero-order valence-electron chi connectivity index (χ0n) is 11.5. The van der Waals surface area contributed by atoms with Crippen molar-refractivity contribution in [1.29, 1.82) is 0 Å². The van der Waals surface area contributed by atoms with Crippen molar-refractivity contribution < 1.29 is 0 Å². The van der Waals surface area contributed by atoms with E-state index in [1.54, 1.807) is 0 Å². The van der Waals surface area contributed by atoms with Crippen LogP contribution in [0.15, 0.2) is 46.4 Å². The Morgan fingerprint density at radius 3 is 2.47 bits per heavy atom. The van der Waals surface area contributed by atoms with Gasteiger partial charge in [0.1, 0.15) is 0 Å². The Hall–Kier alpha value is -1.34. The number of aryl methyl sites for hydroxylation is 1. The van der Waals surface area contributed by atoms with Crippen LogP contribution < -0.4 is 0 Å². The van der Waals surface area contributed by atoms with Crippen LogP contribution in [0.5, 0.6) is 0 Å². The molecule has 2 aromatic rings. The van der Waals surface area contributed by atoms with E-state index in [9.17, 15) is 0 Å². The molecule has 0 saturated heterocycles. The summed E-state index contributed by atoms with van der Waals surface area (Å²) < 4.78 is 1.21. The maximum Gasteiger partial charge on any atom is 0.0256 e. The molecule has 1 heteroatoms. The fourth-order valence-electron chi connectivity index (χ4n) is 2.97. The molecule has 0 spiro atoms. The van der Waals surface area contributed by atoms with Gasteiger partial charge in [-0.15, -0.1) is 0 Å². The van der Waals surface area contributed by atoms with Crippen LogP contribution in [0.2, 0.25) is 0 Å². The Balaban J connectivity index is 2.28. The summed E-state index contributed by atoms with van der Waals surface area (Å²) in [6.07, 6.45) is 1.07. The van der Waals surface area contributed by atoms with E-state index >= 15 is 0 Å². The van der Waals surface area contributed by atoms with Gasteiger partial charge in [-0.25, -0.2) is 0 Å². The van der Waals surface area contributed by atoms with Crippen molar-refractivity contribution in [3.63, 3.8) is 0 Å². The molecule has 0 aliphatic heterocycles. The summed E-state index contributed by atoms with van der Waals surface area (Å²) in [5, 5.41) is 0. The van der Waals surface area contributed by atoms with Crippen LogP contribution in [0, 0.1) is 13.8 Å². The van der Waals surface area contributed by atoms with Crippen LogP contribution >= 0.6 is 15.9 Å². The van der Waals surface area contributed by atoms with Crippen LogP contribution in [0.4, 0.5) is 0 Å². The van der Waals surface area contributed by atoms with E-state index in [1.165, 1.54) is 43.4 Å². The fraction of sp³-hybridized carbons (Fsp3) is 0.222. The fourth-order valence-corrected chi connectivity index (χ4v) is 3.58. The molecule has 19 heavy (non-hydrogen) atoms. The van der Waals surface area contributed by atoms with Gasteiger partial charge in [0.05, 0.1) is 0 Å². The zero-order chi connectivity index (χ0) is 13.6. The normalized spacial score (nSPS) is 13.9. The van der Waals surface area contributed by atoms with Crippen molar-refractivity contribution in [2.45, 2.75) is 27.2 Å². The second-order valence-electron chi connectivity index (χ2n) is 5.35. The van der Waals surface area contributed by atoms with Gasteiger partial charge >= 0.3 is 0 Å². The van der Waals surface area contributed by atoms with Crippen LogP contribution in [-0.4, -0.2) is 0 Å². The Morgan fingerprint density at radius 2 is 1.68 bits per heavy atom. The third-order valence-electron chi connectivity index (χ3n) is 4.11. The smallest absolute Gasteiger partial charge is 0.0256 e. The van der Waals surface area contributed by atoms with Crippen LogP contribution in [0.3, 0.4) is 0 Å². The van der Waals surface area contributed by atoms with Crippen LogP contribution in [0.1, 0.15) is 34.7 Å². The number of hydrogen-bond acceptors (Lipinski definition) is 0. The largest absolute Gasteiger partial charge is 0.0614 e. The Morgan fingerprint density at radius 1 is 0.947 bits per heavy atom. The molecular weight excluding hydrogens is 296 g/mol. The highest BCUT2D eigenvalue weighted by atomic mass is 79.9. The number of fused-ring (bicyclic) bond motifs is 1. The highest BCUT2D eigenvalue weighted by Gasteiger charge is 2.23. The monoisotopic (exact) mass is 312 g/mol. The Labute approximate surface area is 123 Å². The van der Waals surface area contributed by atoms with Crippen molar-refractivity contribution in [2.24, 2.45) is 0 Å². The summed E-state index contributed by atoms with van der Waals surface area (Å²) in [5.74, 6) is 0. The number of benzene rings is 2. The highest BCUT2D eigenvalue weighted by molar-refractivity contribution is 9.10. The first-order valence-electron chi connectivity index (χ1n) is 6.63. The summed E-state index contributed by atoms with van der Waals surface area (Å²) in [6.45, 7) is 6.66. The summed E-state index contributed by atoms with van der Waals surface area (Å²) in [7, 11) is 0. The van der Waals surface area contributed by atoms with E-state index in [-0.39, 0.29) is 0 Å². The van der Waals surface area contributed by atoms with Crippen molar-refractivity contribution in [2.75, 3.05) is 0 Å². The van der Waals surface area contributed by atoms with Crippen molar-refractivity contribution in [3.8, 4) is 0 Å². The molecule has 0 fully saturated rings. The molecule has 0 nitrogen and oxygen atoms in total. The topological polar surface area (TPSA) is 0 Å². The summed E-state index contributed by atoms with van der Waals surface area (Å²) in [5.41, 5.74) is 9.83. The minimum atomic E-state index is 1.07. The molecule has 96 valence electrons. The lowest BCUT2D eigenvalue weighted by Gasteiger charge is -2.14. The molecule has 0 unspecified atom stereocenters. The van der Waals surface area contributed by atoms with Gasteiger partial charge in [0.15, 0.2) is 0 Å². The van der Waals surface area contributed by atoms with E-state index < -0.39 is 0 Å². The van der Waals surface area contributed by atoms with Gasteiger partial charge in [0.25, 0.3) is 0 Å². The molecule has 0 atom stereocenters. The molecule has 1 aliphatic carbocycles. The average Bonchev–Trinajstić information content (AvgIpc) is 2.71. The molecule has 0 bridgehead atoms. The van der Waals surface area contributed by atoms with Gasteiger partial charge < -0.3 is 0 Å². The van der Waals surface area contributed by atoms with Gasteiger partial charge in [0.2, 0.25) is 0 Å². The van der Waals surface area contributed by atoms with Gasteiger partial charge in [-0.1, -0.05) is 51.8 Å². The van der Waals surface area contributed by atoms with Gasteiger partial charge in [-0.3, -0.25) is 0 Å². The number of hydrogen-bond donors (Lipinski definition) is 0. The van der Waals surface area contributed by atoms with Crippen molar-refractivity contribution >= 4 is 21.5 Å². The molecule has 0 heterocycles. The molecule has 3 rings (SSSR count). The van der Waals surface area contributed by atoms with Crippen molar-refractivity contribution in [3.05, 3.63) is 74.3 Å². The molecule has 2 aromatic carbocycles. The molecule has 0 aromatic heterocycles. The van der Waals surface area contributed by atoms with Gasteiger partial charge in [0, 0.05) is 4.47 Å². The third-order valence-corrected chi connectivity index (χ3v) is 4.77. The lowest BCUT2D eigenvalue weighted by molar-refractivity contribution is 1.19. The molecule has 0 N–H and O–H groups in total. The number of halogens is 1. The molecule has 0 saturated carbocycles. The van der Waals surface area contributed by atoms with Crippen LogP contribution in [-0.2, 0) is 6.42 Å². The Kier molecular flexibility index (Phi) is 3.10. The predicted octanol–water partition coefficient (Wildman–Crippen LogP) is 5.44. The van der Waals surface area contributed by atoms with E-state index in [0.717, 1.165) is 6.42 Å². The number of rotatable bonds is 1. The van der Waals surface area contributed by atoms with Gasteiger partial charge in [-0.2, -0.15) is 0 Å². The van der Waals surface area contributed by atoms with Gasteiger partial charge in [-0.05, 0) is 66.6 Å². The average molecular weight is 313 g/mol. The minimum Gasteiger partial charge on any atom is -0.0614 e. The lowest BCUT2D eigenvalue weighted by atomic mass is 9.92. The van der Waals surface area contributed by atoms with E-state index in [2.05, 4.69) is 73.1 Å². The molecular formula is C18H17Br. The predicted molar refractivity (Wildman–Crippen MR) is 85.5 cm³/mol. The second kappa shape index (κ2) is 4.64. The highest BCUT2D eigenvalue weighted by Crippen LogP contribution is 2.42. The molecule has 1 aliphatic rings. The first kappa shape index (κ1) is 12.7. The van der Waals surface area contributed by atoms with E-state index in [0.29, 0.717) is 0 Å². The minimum absolute atomic E-state index is 1.07. The standard InChI is InChI=1S/C18H17Br/c1-11-6-4-8-15(13(11)3)17-12(2)10-14-7-5-9-16(19)18(14)17/h4-9H,10H2,1-3H3. The third kappa shape index (κ3) is 1.97.